The van der Waals surface area contributed by atoms with Crippen LogP contribution in [-0.2, 0) is 0 Å². The van der Waals surface area contributed by atoms with E-state index in [1.165, 1.54) is 6.42 Å². The van der Waals surface area contributed by atoms with Crippen LogP contribution < -0.4 is 0 Å². The molecule has 0 bridgehead atoms. The quantitative estimate of drug-likeness (QED) is 0.693. The second-order valence-electron chi connectivity index (χ2n) is 3.22. The van der Waals surface area contributed by atoms with Gasteiger partial charge in [0, 0.05) is 12.7 Å². The molecule has 1 atom stereocenters. The van der Waals surface area contributed by atoms with Crippen LogP contribution in [0.25, 0.3) is 0 Å². The molecule has 1 unspecified atom stereocenters. The summed E-state index contributed by atoms with van der Waals surface area (Å²) in [6.07, 6.45) is 7.79. The third-order valence-corrected chi connectivity index (χ3v) is 2.13. The number of aliphatic hydroxyl groups is 1. The standard InChI is InChI=1S/C10H17NO/c1-3-4-7-11-8-5-6-9(2)10(11)12/h5-6,8,10,12H,3-4,7H2,1-2H3. The van der Waals surface area contributed by atoms with Gasteiger partial charge in [0.05, 0.1) is 0 Å². The summed E-state index contributed by atoms with van der Waals surface area (Å²) in [6.45, 7) is 5.05. The van der Waals surface area contributed by atoms with E-state index in [2.05, 4.69) is 6.92 Å². The van der Waals surface area contributed by atoms with Crippen LogP contribution in [-0.4, -0.2) is 22.8 Å². The Morgan fingerprint density at radius 1 is 1.58 bits per heavy atom. The van der Waals surface area contributed by atoms with Gasteiger partial charge in [0.1, 0.15) is 6.23 Å². The van der Waals surface area contributed by atoms with Crippen LogP contribution in [0.2, 0.25) is 0 Å². The summed E-state index contributed by atoms with van der Waals surface area (Å²) in [6, 6.07) is 0. The second-order valence-corrected chi connectivity index (χ2v) is 3.22. The highest BCUT2D eigenvalue weighted by atomic mass is 16.3. The first-order chi connectivity index (χ1) is 5.75. The van der Waals surface area contributed by atoms with E-state index < -0.39 is 6.23 Å². The monoisotopic (exact) mass is 167 g/mol. The van der Waals surface area contributed by atoms with Crippen molar-refractivity contribution in [1.29, 1.82) is 0 Å². The molecule has 1 rings (SSSR count). The molecule has 0 fully saturated rings. The van der Waals surface area contributed by atoms with Crippen LogP contribution in [0, 0.1) is 0 Å². The summed E-state index contributed by atoms with van der Waals surface area (Å²) in [5, 5.41) is 9.67. The average molecular weight is 167 g/mol. The van der Waals surface area contributed by atoms with Crippen LogP contribution >= 0.6 is 0 Å². The largest absolute Gasteiger partial charge is 0.370 e. The van der Waals surface area contributed by atoms with E-state index in [1.54, 1.807) is 0 Å². The van der Waals surface area contributed by atoms with Gasteiger partial charge in [-0.15, -0.1) is 0 Å². The lowest BCUT2D eigenvalue weighted by atomic mass is 10.1. The molecular formula is C10H17NO. The number of hydrogen-bond donors (Lipinski definition) is 1. The Kier molecular flexibility index (Phi) is 3.35. The zero-order valence-corrected chi connectivity index (χ0v) is 7.83. The second kappa shape index (κ2) is 4.31. The van der Waals surface area contributed by atoms with Crippen molar-refractivity contribution < 1.29 is 5.11 Å². The maximum atomic E-state index is 9.67. The molecule has 1 aliphatic heterocycles. The van der Waals surface area contributed by atoms with Crippen molar-refractivity contribution >= 4 is 0 Å². The number of nitrogens with zero attached hydrogens (tertiary/aromatic N) is 1. The lowest BCUT2D eigenvalue weighted by Crippen LogP contribution is -2.33. The Balaban J connectivity index is 2.46. The minimum atomic E-state index is -0.401. The predicted octanol–water partition coefficient (Wildman–Crippen LogP) is 1.88. The van der Waals surface area contributed by atoms with Gasteiger partial charge in [0.15, 0.2) is 0 Å². The van der Waals surface area contributed by atoms with E-state index >= 15 is 0 Å². The highest BCUT2D eigenvalue weighted by Crippen LogP contribution is 2.13. The molecule has 68 valence electrons. The van der Waals surface area contributed by atoms with E-state index in [4.69, 9.17) is 0 Å². The predicted molar refractivity (Wildman–Crippen MR) is 50.5 cm³/mol. The van der Waals surface area contributed by atoms with Gasteiger partial charge < -0.3 is 10.0 Å². The molecule has 0 aromatic rings. The normalized spacial score (nSPS) is 22.8. The number of allylic oxidation sites excluding steroid dienone is 2. The van der Waals surface area contributed by atoms with E-state index in [0.29, 0.717) is 0 Å². The zero-order chi connectivity index (χ0) is 8.97. The summed E-state index contributed by atoms with van der Waals surface area (Å²) in [4.78, 5) is 1.97. The van der Waals surface area contributed by atoms with Crippen molar-refractivity contribution in [3.8, 4) is 0 Å². The molecule has 0 spiro atoms. The number of hydrogen-bond acceptors (Lipinski definition) is 2. The zero-order valence-electron chi connectivity index (χ0n) is 7.83. The number of aliphatic hydroxyl groups excluding tert-OH is 1. The summed E-state index contributed by atoms with van der Waals surface area (Å²) in [5.74, 6) is 0. The van der Waals surface area contributed by atoms with Crippen LogP contribution in [0.1, 0.15) is 26.7 Å². The van der Waals surface area contributed by atoms with E-state index in [1.807, 2.05) is 30.2 Å². The molecule has 0 aromatic carbocycles. The highest BCUT2D eigenvalue weighted by molar-refractivity contribution is 5.18. The molecule has 0 saturated heterocycles. The maximum absolute atomic E-state index is 9.67. The smallest absolute Gasteiger partial charge is 0.148 e. The third-order valence-electron chi connectivity index (χ3n) is 2.13. The molecule has 1 N–H and O–H groups in total. The minimum absolute atomic E-state index is 0.401. The highest BCUT2D eigenvalue weighted by Gasteiger charge is 2.14. The molecule has 0 radical (unpaired) electrons. The van der Waals surface area contributed by atoms with Gasteiger partial charge >= 0.3 is 0 Å². The molecule has 1 heterocycles. The van der Waals surface area contributed by atoms with Gasteiger partial charge in [-0.1, -0.05) is 19.4 Å². The van der Waals surface area contributed by atoms with Crippen molar-refractivity contribution in [2.45, 2.75) is 32.9 Å². The Morgan fingerprint density at radius 3 is 3.00 bits per heavy atom. The van der Waals surface area contributed by atoms with Crippen LogP contribution in [0.4, 0.5) is 0 Å². The Bertz CT molecular complexity index is 196. The Morgan fingerprint density at radius 2 is 2.33 bits per heavy atom. The van der Waals surface area contributed by atoms with Gasteiger partial charge in [-0.05, 0) is 25.0 Å². The first kappa shape index (κ1) is 9.33. The van der Waals surface area contributed by atoms with E-state index in [9.17, 15) is 5.11 Å². The summed E-state index contributed by atoms with van der Waals surface area (Å²) in [7, 11) is 0. The fourth-order valence-electron chi connectivity index (χ4n) is 1.27. The lowest BCUT2D eigenvalue weighted by molar-refractivity contribution is 0.0662. The van der Waals surface area contributed by atoms with E-state index in [-0.39, 0.29) is 0 Å². The third kappa shape index (κ3) is 2.11. The topological polar surface area (TPSA) is 23.5 Å². The Labute approximate surface area is 74.2 Å². The molecule has 0 aliphatic carbocycles. The maximum Gasteiger partial charge on any atom is 0.148 e. The summed E-state index contributed by atoms with van der Waals surface area (Å²) in [5.41, 5.74) is 1.02. The Hall–Kier alpha value is -0.760. The SMILES string of the molecule is CCCCN1C=CC=C(C)C1O. The van der Waals surface area contributed by atoms with E-state index in [0.717, 1.165) is 18.5 Å². The number of unbranched alkanes of at least 4 members (excludes halogenated alkanes) is 1. The van der Waals surface area contributed by atoms with Crippen molar-refractivity contribution in [1.82, 2.24) is 4.90 Å². The lowest BCUT2D eigenvalue weighted by Gasteiger charge is -2.29. The van der Waals surface area contributed by atoms with Gasteiger partial charge in [0.2, 0.25) is 0 Å². The first-order valence-corrected chi connectivity index (χ1v) is 4.54. The molecule has 1 aliphatic rings. The molecule has 12 heavy (non-hydrogen) atoms. The fourth-order valence-corrected chi connectivity index (χ4v) is 1.27. The van der Waals surface area contributed by atoms with Gasteiger partial charge in [-0.25, -0.2) is 0 Å². The first-order valence-electron chi connectivity index (χ1n) is 4.54. The van der Waals surface area contributed by atoms with Crippen LogP contribution in [0.5, 0.6) is 0 Å². The fraction of sp³-hybridized carbons (Fsp3) is 0.600. The van der Waals surface area contributed by atoms with Crippen LogP contribution in [0.15, 0.2) is 23.9 Å². The van der Waals surface area contributed by atoms with Crippen molar-refractivity contribution in [2.24, 2.45) is 0 Å². The molecule has 2 heteroatoms. The van der Waals surface area contributed by atoms with Gasteiger partial charge in [0.25, 0.3) is 0 Å². The van der Waals surface area contributed by atoms with Gasteiger partial charge in [-0.3, -0.25) is 0 Å². The summed E-state index contributed by atoms with van der Waals surface area (Å²) < 4.78 is 0. The minimum Gasteiger partial charge on any atom is -0.370 e. The summed E-state index contributed by atoms with van der Waals surface area (Å²) >= 11 is 0. The van der Waals surface area contributed by atoms with Crippen molar-refractivity contribution in [3.05, 3.63) is 23.9 Å². The number of rotatable bonds is 3. The molecule has 2 nitrogen and oxygen atoms in total. The van der Waals surface area contributed by atoms with Crippen molar-refractivity contribution in [2.75, 3.05) is 6.54 Å². The van der Waals surface area contributed by atoms with Crippen LogP contribution in [0.3, 0.4) is 0 Å². The molecule has 0 amide bonds. The van der Waals surface area contributed by atoms with Crippen molar-refractivity contribution in [3.63, 3.8) is 0 Å². The molecule has 0 aromatic heterocycles. The van der Waals surface area contributed by atoms with Gasteiger partial charge in [-0.2, -0.15) is 0 Å². The average Bonchev–Trinajstić information content (AvgIpc) is 2.08. The molecular weight excluding hydrogens is 150 g/mol. The molecule has 0 saturated carbocycles.